The van der Waals surface area contributed by atoms with Crippen LogP contribution >= 0.6 is 0 Å². The summed E-state index contributed by atoms with van der Waals surface area (Å²) in [6.07, 6.45) is 0.274. The molecule has 2 atom stereocenters. The Kier molecular flexibility index (Phi) is 3.71. The molecule has 0 aliphatic carbocycles. The van der Waals surface area contributed by atoms with Crippen molar-refractivity contribution < 1.29 is 19.4 Å². The Labute approximate surface area is 110 Å². The van der Waals surface area contributed by atoms with Crippen LogP contribution < -0.4 is 10.5 Å². The third-order valence-corrected chi connectivity index (χ3v) is 3.22. The van der Waals surface area contributed by atoms with E-state index in [1.807, 2.05) is 0 Å². The second-order valence-corrected chi connectivity index (χ2v) is 4.51. The summed E-state index contributed by atoms with van der Waals surface area (Å²) in [6, 6.07) is 5.57. The van der Waals surface area contributed by atoms with Crippen LogP contribution in [-0.4, -0.2) is 47.6 Å². The topological polar surface area (TPSA) is 92.9 Å². The Hall–Kier alpha value is -2.08. The Balaban J connectivity index is 2.30. The van der Waals surface area contributed by atoms with Crippen molar-refractivity contribution in [3.05, 3.63) is 29.8 Å². The third kappa shape index (κ3) is 2.53. The maximum absolute atomic E-state index is 12.4. The quantitative estimate of drug-likeness (QED) is 0.820. The van der Waals surface area contributed by atoms with Crippen LogP contribution in [0.5, 0.6) is 5.75 Å². The number of methoxy groups -OCH3 is 1. The van der Waals surface area contributed by atoms with Crippen molar-refractivity contribution in [2.24, 2.45) is 5.73 Å². The third-order valence-electron chi connectivity index (χ3n) is 3.22. The number of nitrogens with zero attached hydrogens (tertiary/aromatic N) is 1. The van der Waals surface area contributed by atoms with Crippen LogP contribution in [0.2, 0.25) is 0 Å². The lowest BCUT2D eigenvalue weighted by Crippen LogP contribution is -2.40. The second-order valence-electron chi connectivity index (χ2n) is 4.51. The first-order valence-corrected chi connectivity index (χ1v) is 5.97. The molecule has 0 aromatic heterocycles. The number of hydrogen-bond acceptors (Lipinski definition) is 4. The van der Waals surface area contributed by atoms with E-state index in [1.54, 1.807) is 24.3 Å². The number of benzene rings is 1. The average Bonchev–Trinajstić information content (AvgIpc) is 2.80. The molecule has 0 saturated carbocycles. The lowest BCUT2D eigenvalue weighted by Gasteiger charge is -2.22. The van der Waals surface area contributed by atoms with E-state index in [9.17, 15) is 9.59 Å². The fourth-order valence-electron chi connectivity index (χ4n) is 2.30. The first kappa shape index (κ1) is 13.4. The predicted octanol–water partition coefficient (Wildman–Crippen LogP) is 0.322. The molecule has 1 fully saturated rings. The van der Waals surface area contributed by atoms with Gasteiger partial charge in [0.15, 0.2) is 0 Å². The van der Waals surface area contributed by atoms with Crippen LogP contribution in [0, 0.1) is 0 Å². The highest BCUT2D eigenvalue weighted by atomic mass is 16.5. The molecule has 1 saturated heterocycles. The Morgan fingerprint density at radius 1 is 1.42 bits per heavy atom. The molecular formula is C13H16N2O4. The van der Waals surface area contributed by atoms with Crippen LogP contribution in [0.15, 0.2) is 24.3 Å². The van der Waals surface area contributed by atoms with E-state index in [4.69, 9.17) is 15.6 Å². The van der Waals surface area contributed by atoms with E-state index in [1.165, 1.54) is 12.0 Å². The van der Waals surface area contributed by atoms with Crippen LogP contribution in [0.3, 0.4) is 0 Å². The average molecular weight is 264 g/mol. The molecule has 1 amide bonds. The summed E-state index contributed by atoms with van der Waals surface area (Å²) in [5.74, 6) is -0.967. The minimum absolute atomic E-state index is 0.244. The lowest BCUT2D eigenvalue weighted by molar-refractivity contribution is -0.141. The number of likely N-dealkylation sites (tertiary alicyclic amines) is 1. The monoisotopic (exact) mass is 264 g/mol. The molecule has 6 nitrogen and oxygen atoms in total. The summed E-state index contributed by atoms with van der Waals surface area (Å²) >= 11 is 0. The molecule has 6 heteroatoms. The van der Waals surface area contributed by atoms with Gasteiger partial charge in [0.25, 0.3) is 5.91 Å². The number of carbonyl (C=O) groups excluding carboxylic acids is 1. The van der Waals surface area contributed by atoms with Gasteiger partial charge in [0.05, 0.1) is 12.7 Å². The molecule has 102 valence electrons. The fourth-order valence-corrected chi connectivity index (χ4v) is 2.30. The number of ether oxygens (including phenoxy) is 1. The van der Waals surface area contributed by atoms with Crippen molar-refractivity contribution in [3.8, 4) is 5.75 Å². The Morgan fingerprint density at radius 3 is 2.74 bits per heavy atom. The minimum atomic E-state index is -1.03. The summed E-state index contributed by atoms with van der Waals surface area (Å²) in [6.45, 7) is 0.244. The standard InChI is InChI=1S/C13H16N2O4/c1-19-11-5-3-2-4-9(11)12(16)15-7-8(14)6-10(15)13(17)18/h2-5,8,10H,6-7,14H2,1H3,(H,17,18). The highest BCUT2D eigenvalue weighted by molar-refractivity contribution is 5.99. The van der Waals surface area contributed by atoms with Gasteiger partial charge in [-0.25, -0.2) is 4.79 Å². The number of rotatable bonds is 3. The number of amides is 1. The first-order valence-electron chi connectivity index (χ1n) is 5.97. The van der Waals surface area contributed by atoms with Crippen molar-refractivity contribution in [2.45, 2.75) is 18.5 Å². The molecule has 2 unspecified atom stereocenters. The molecule has 1 aliphatic heterocycles. The summed E-state index contributed by atoms with van der Waals surface area (Å²) in [5.41, 5.74) is 6.10. The van der Waals surface area contributed by atoms with E-state index >= 15 is 0 Å². The number of hydrogen-bond donors (Lipinski definition) is 2. The number of carbonyl (C=O) groups is 2. The molecule has 0 bridgehead atoms. The highest BCUT2D eigenvalue weighted by Gasteiger charge is 2.39. The summed E-state index contributed by atoms with van der Waals surface area (Å²) in [5, 5.41) is 9.14. The van der Waals surface area contributed by atoms with Crippen molar-refractivity contribution in [2.75, 3.05) is 13.7 Å². The minimum Gasteiger partial charge on any atom is -0.496 e. The Morgan fingerprint density at radius 2 is 2.11 bits per heavy atom. The molecule has 1 aromatic carbocycles. The normalized spacial score (nSPS) is 22.3. The number of aliphatic carboxylic acids is 1. The molecular weight excluding hydrogens is 248 g/mol. The molecule has 0 radical (unpaired) electrons. The van der Waals surface area contributed by atoms with Gasteiger partial charge in [-0.1, -0.05) is 12.1 Å². The van der Waals surface area contributed by atoms with Gasteiger partial charge in [-0.2, -0.15) is 0 Å². The molecule has 0 spiro atoms. The van der Waals surface area contributed by atoms with E-state index in [0.29, 0.717) is 11.3 Å². The van der Waals surface area contributed by atoms with Crippen molar-refractivity contribution in [3.63, 3.8) is 0 Å². The summed E-state index contributed by atoms with van der Waals surface area (Å²) in [4.78, 5) is 24.9. The first-order chi connectivity index (χ1) is 9.04. The van der Waals surface area contributed by atoms with Crippen LogP contribution in [0.25, 0.3) is 0 Å². The van der Waals surface area contributed by atoms with E-state index in [-0.39, 0.29) is 24.9 Å². The van der Waals surface area contributed by atoms with Crippen molar-refractivity contribution in [1.29, 1.82) is 0 Å². The van der Waals surface area contributed by atoms with Gasteiger partial charge in [0, 0.05) is 12.6 Å². The van der Waals surface area contributed by atoms with Gasteiger partial charge in [0.1, 0.15) is 11.8 Å². The SMILES string of the molecule is COc1ccccc1C(=O)N1CC(N)CC1C(=O)O. The molecule has 3 N–H and O–H groups in total. The summed E-state index contributed by atoms with van der Waals surface area (Å²) < 4.78 is 5.12. The smallest absolute Gasteiger partial charge is 0.326 e. The summed E-state index contributed by atoms with van der Waals surface area (Å²) in [7, 11) is 1.47. The number of carboxylic acids is 1. The zero-order chi connectivity index (χ0) is 14.0. The fraction of sp³-hybridized carbons (Fsp3) is 0.385. The molecule has 1 aliphatic rings. The van der Waals surface area contributed by atoms with Crippen LogP contribution in [0.4, 0.5) is 0 Å². The number of carboxylic acid groups (broad SMARTS) is 1. The maximum Gasteiger partial charge on any atom is 0.326 e. The van der Waals surface area contributed by atoms with E-state index in [0.717, 1.165) is 0 Å². The van der Waals surface area contributed by atoms with Gasteiger partial charge < -0.3 is 20.5 Å². The lowest BCUT2D eigenvalue weighted by atomic mass is 10.1. The van der Waals surface area contributed by atoms with Gasteiger partial charge in [-0.05, 0) is 18.6 Å². The van der Waals surface area contributed by atoms with Crippen LogP contribution in [-0.2, 0) is 4.79 Å². The number of para-hydroxylation sites is 1. The van der Waals surface area contributed by atoms with Gasteiger partial charge >= 0.3 is 5.97 Å². The molecule has 1 aromatic rings. The largest absolute Gasteiger partial charge is 0.496 e. The van der Waals surface area contributed by atoms with E-state index < -0.39 is 12.0 Å². The number of nitrogens with two attached hydrogens (primary N) is 1. The molecule has 2 rings (SSSR count). The van der Waals surface area contributed by atoms with Gasteiger partial charge in [-0.3, -0.25) is 4.79 Å². The van der Waals surface area contributed by atoms with Gasteiger partial charge in [0.2, 0.25) is 0 Å². The maximum atomic E-state index is 12.4. The zero-order valence-corrected chi connectivity index (χ0v) is 10.6. The van der Waals surface area contributed by atoms with Crippen molar-refractivity contribution in [1.82, 2.24) is 4.90 Å². The predicted molar refractivity (Wildman–Crippen MR) is 68.0 cm³/mol. The highest BCUT2D eigenvalue weighted by Crippen LogP contribution is 2.24. The molecule has 19 heavy (non-hydrogen) atoms. The zero-order valence-electron chi connectivity index (χ0n) is 10.6. The second kappa shape index (κ2) is 5.27. The van der Waals surface area contributed by atoms with E-state index in [2.05, 4.69) is 0 Å². The van der Waals surface area contributed by atoms with Crippen LogP contribution in [0.1, 0.15) is 16.8 Å². The Bertz CT molecular complexity index is 503. The molecule has 1 heterocycles. The van der Waals surface area contributed by atoms with Gasteiger partial charge in [-0.15, -0.1) is 0 Å². The van der Waals surface area contributed by atoms with Crippen molar-refractivity contribution >= 4 is 11.9 Å².